The van der Waals surface area contributed by atoms with Crippen molar-refractivity contribution >= 4 is 17.9 Å². The second kappa shape index (κ2) is 10.2. The second-order valence-electron chi connectivity index (χ2n) is 8.52. The van der Waals surface area contributed by atoms with E-state index in [2.05, 4.69) is 10.9 Å². The zero-order valence-electron chi connectivity index (χ0n) is 18.6. The fraction of sp³-hybridized carbons (Fsp3) is 0.375. The van der Waals surface area contributed by atoms with Crippen molar-refractivity contribution in [3.8, 4) is 16.9 Å². The Morgan fingerprint density at radius 1 is 1.00 bits per heavy atom. The molecule has 1 aliphatic heterocycles. The summed E-state index contributed by atoms with van der Waals surface area (Å²) in [5.41, 5.74) is 5.93. The topological polar surface area (TPSA) is 97.0 Å². The van der Waals surface area contributed by atoms with E-state index in [-0.39, 0.29) is 6.61 Å². The van der Waals surface area contributed by atoms with Crippen LogP contribution in [0.5, 0.6) is 5.75 Å². The Bertz CT molecular complexity index is 956. The molecule has 1 aliphatic rings. The summed E-state index contributed by atoms with van der Waals surface area (Å²) in [6, 6.07) is 16.4. The third-order valence-corrected chi connectivity index (χ3v) is 4.84. The first kappa shape index (κ1) is 23.1. The number of benzene rings is 2. The predicted molar refractivity (Wildman–Crippen MR) is 120 cm³/mol. The van der Waals surface area contributed by atoms with Gasteiger partial charge in [0, 0.05) is 12.1 Å². The summed E-state index contributed by atoms with van der Waals surface area (Å²) in [6.07, 6.45) is 0.648. The molecule has 0 bridgehead atoms. The van der Waals surface area contributed by atoms with Crippen molar-refractivity contribution in [2.75, 3.05) is 13.2 Å². The molecule has 2 aromatic carbocycles. The van der Waals surface area contributed by atoms with E-state index in [1.807, 2.05) is 48.5 Å². The number of amides is 3. The molecule has 0 aromatic heterocycles. The molecule has 0 saturated carbocycles. The second-order valence-corrected chi connectivity index (χ2v) is 8.52. The van der Waals surface area contributed by atoms with E-state index in [4.69, 9.17) is 9.47 Å². The fourth-order valence-corrected chi connectivity index (χ4v) is 3.42. The summed E-state index contributed by atoms with van der Waals surface area (Å²) in [7, 11) is 0. The fourth-order valence-electron chi connectivity index (χ4n) is 3.42. The minimum Gasteiger partial charge on any atom is -0.483 e. The molecule has 32 heavy (non-hydrogen) atoms. The van der Waals surface area contributed by atoms with E-state index in [9.17, 15) is 14.4 Å². The highest BCUT2D eigenvalue weighted by molar-refractivity contribution is 5.88. The molecule has 1 heterocycles. The van der Waals surface area contributed by atoms with Crippen LogP contribution in [0.3, 0.4) is 0 Å². The van der Waals surface area contributed by atoms with Crippen molar-refractivity contribution in [3.05, 3.63) is 54.6 Å². The number of hydrogen-bond acceptors (Lipinski definition) is 5. The minimum atomic E-state index is -0.690. The molecule has 1 fully saturated rings. The number of carbonyl (C=O) groups excluding carboxylic acids is 3. The molecule has 8 nitrogen and oxygen atoms in total. The zero-order chi connectivity index (χ0) is 23.1. The molecule has 0 aliphatic carbocycles. The van der Waals surface area contributed by atoms with Crippen LogP contribution in [0.15, 0.2) is 54.6 Å². The van der Waals surface area contributed by atoms with Crippen LogP contribution in [0, 0.1) is 0 Å². The Kier molecular flexibility index (Phi) is 7.35. The van der Waals surface area contributed by atoms with E-state index in [0.29, 0.717) is 25.1 Å². The Labute approximate surface area is 187 Å². The first-order valence-corrected chi connectivity index (χ1v) is 10.6. The molecule has 170 valence electrons. The van der Waals surface area contributed by atoms with Gasteiger partial charge in [0.15, 0.2) is 6.61 Å². The highest BCUT2D eigenvalue weighted by Gasteiger charge is 2.36. The lowest BCUT2D eigenvalue weighted by Gasteiger charge is -2.28. The maximum Gasteiger partial charge on any atom is 0.410 e. The maximum atomic E-state index is 12.5. The van der Waals surface area contributed by atoms with Crippen LogP contribution in [0.2, 0.25) is 0 Å². The third kappa shape index (κ3) is 6.23. The smallest absolute Gasteiger partial charge is 0.410 e. The maximum absolute atomic E-state index is 12.5. The van der Waals surface area contributed by atoms with Gasteiger partial charge in [-0.25, -0.2) is 4.79 Å². The van der Waals surface area contributed by atoms with Gasteiger partial charge in [-0.2, -0.15) is 0 Å². The van der Waals surface area contributed by atoms with Crippen LogP contribution in [-0.2, 0) is 14.3 Å². The highest BCUT2D eigenvalue weighted by atomic mass is 16.6. The minimum absolute atomic E-state index is 0.273. The number of ether oxygens (including phenoxy) is 2. The van der Waals surface area contributed by atoms with Crippen LogP contribution in [0.4, 0.5) is 4.79 Å². The van der Waals surface area contributed by atoms with Crippen LogP contribution in [-0.4, -0.2) is 47.6 Å². The van der Waals surface area contributed by atoms with E-state index >= 15 is 0 Å². The van der Waals surface area contributed by atoms with Gasteiger partial charge in [0.25, 0.3) is 11.8 Å². The van der Waals surface area contributed by atoms with E-state index in [1.54, 1.807) is 26.8 Å². The van der Waals surface area contributed by atoms with Crippen LogP contribution in [0.25, 0.3) is 11.1 Å². The Hall–Kier alpha value is -3.55. The highest BCUT2D eigenvalue weighted by Crippen LogP contribution is 2.29. The average Bonchev–Trinajstić information content (AvgIpc) is 3.26. The molecule has 2 aromatic rings. The number of nitrogens with zero attached hydrogens (tertiary/aromatic N) is 1. The molecular weight excluding hydrogens is 410 g/mol. The monoisotopic (exact) mass is 439 g/mol. The van der Waals surface area contributed by atoms with Gasteiger partial charge >= 0.3 is 6.09 Å². The van der Waals surface area contributed by atoms with Crippen LogP contribution < -0.4 is 15.6 Å². The van der Waals surface area contributed by atoms with Crippen LogP contribution >= 0.6 is 0 Å². The lowest BCUT2D eigenvalue weighted by Crippen LogP contribution is -2.53. The Morgan fingerprint density at radius 3 is 2.41 bits per heavy atom. The lowest BCUT2D eigenvalue weighted by molar-refractivity contribution is -0.132. The molecule has 3 amide bonds. The van der Waals surface area contributed by atoms with Gasteiger partial charge in [-0.3, -0.25) is 25.3 Å². The standard InChI is InChI=1S/C24H29N3O5/c1-24(2,3)32-23(30)27-15-9-13-19(27)22(29)26-25-21(28)16-31-20-14-8-7-12-18(20)17-10-5-4-6-11-17/h4-8,10-12,14,19H,9,13,15-16H2,1-3H3,(H,25,28)(H,26,29)/t19-/m0/s1. The van der Waals surface area contributed by atoms with Crippen molar-refractivity contribution in [2.45, 2.75) is 45.3 Å². The van der Waals surface area contributed by atoms with E-state index < -0.39 is 29.6 Å². The van der Waals surface area contributed by atoms with Gasteiger partial charge in [-0.05, 0) is 45.2 Å². The quantitative estimate of drug-likeness (QED) is 0.697. The number of nitrogens with one attached hydrogen (secondary N) is 2. The summed E-state index contributed by atoms with van der Waals surface area (Å²) in [6.45, 7) is 5.47. The summed E-state index contributed by atoms with van der Waals surface area (Å²) >= 11 is 0. The van der Waals surface area contributed by atoms with Gasteiger partial charge in [0.1, 0.15) is 17.4 Å². The molecular formula is C24H29N3O5. The van der Waals surface area contributed by atoms with Crippen LogP contribution in [0.1, 0.15) is 33.6 Å². The van der Waals surface area contributed by atoms with Crippen molar-refractivity contribution in [2.24, 2.45) is 0 Å². The largest absolute Gasteiger partial charge is 0.483 e. The van der Waals surface area contributed by atoms with Crippen molar-refractivity contribution < 1.29 is 23.9 Å². The van der Waals surface area contributed by atoms with Crippen molar-refractivity contribution in [3.63, 3.8) is 0 Å². The van der Waals surface area contributed by atoms with Gasteiger partial charge in [-0.15, -0.1) is 0 Å². The van der Waals surface area contributed by atoms with Crippen molar-refractivity contribution in [1.29, 1.82) is 0 Å². The van der Waals surface area contributed by atoms with E-state index in [1.165, 1.54) is 4.90 Å². The van der Waals surface area contributed by atoms with E-state index in [0.717, 1.165) is 11.1 Å². The number of likely N-dealkylation sites (tertiary alicyclic amines) is 1. The number of hydrogen-bond donors (Lipinski definition) is 2. The molecule has 1 atom stereocenters. The van der Waals surface area contributed by atoms with Crippen molar-refractivity contribution in [1.82, 2.24) is 15.8 Å². The van der Waals surface area contributed by atoms with Gasteiger partial charge in [0.05, 0.1) is 0 Å². The molecule has 1 saturated heterocycles. The first-order chi connectivity index (χ1) is 15.2. The molecule has 0 radical (unpaired) electrons. The SMILES string of the molecule is CC(C)(C)OC(=O)N1CCC[C@H]1C(=O)NNC(=O)COc1ccccc1-c1ccccc1. The Balaban J connectivity index is 1.51. The number of hydrazine groups is 1. The normalized spacial score (nSPS) is 15.7. The molecule has 0 spiro atoms. The van der Waals surface area contributed by atoms with Gasteiger partial charge in [0.2, 0.25) is 0 Å². The molecule has 8 heteroatoms. The molecule has 2 N–H and O–H groups in total. The Morgan fingerprint density at radius 2 is 1.69 bits per heavy atom. The summed E-state index contributed by atoms with van der Waals surface area (Å²) < 4.78 is 11.0. The average molecular weight is 440 g/mol. The number of rotatable bonds is 5. The zero-order valence-corrected chi connectivity index (χ0v) is 18.6. The predicted octanol–water partition coefficient (Wildman–Crippen LogP) is 3.28. The lowest BCUT2D eigenvalue weighted by atomic mass is 10.1. The number of carbonyl (C=O) groups is 3. The summed E-state index contributed by atoms with van der Waals surface area (Å²) in [5, 5.41) is 0. The van der Waals surface area contributed by atoms with Gasteiger partial charge < -0.3 is 9.47 Å². The first-order valence-electron chi connectivity index (χ1n) is 10.6. The summed E-state index contributed by atoms with van der Waals surface area (Å²) in [5.74, 6) is -0.415. The molecule has 0 unspecified atom stereocenters. The summed E-state index contributed by atoms with van der Waals surface area (Å²) in [4.78, 5) is 38.5. The van der Waals surface area contributed by atoms with Gasteiger partial charge in [-0.1, -0.05) is 48.5 Å². The molecule has 3 rings (SSSR count). The third-order valence-electron chi connectivity index (χ3n) is 4.84. The number of para-hydroxylation sites is 1.